The van der Waals surface area contributed by atoms with Crippen molar-refractivity contribution in [1.29, 1.82) is 0 Å². The van der Waals surface area contributed by atoms with Crippen LogP contribution in [0.25, 0.3) is 0 Å². The summed E-state index contributed by atoms with van der Waals surface area (Å²) in [5.41, 5.74) is 6.08. The molecular formula is C15H30N2O. The first-order valence-electron chi connectivity index (χ1n) is 7.60. The summed E-state index contributed by atoms with van der Waals surface area (Å²) in [4.78, 5) is 13.4. The number of carbonyl (C=O) groups excluding carboxylic acids is 1. The van der Waals surface area contributed by atoms with Gasteiger partial charge in [0, 0.05) is 26.1 Å². The van der Waals surface area contributed by atoms with E-state index in [1.807, 2.05) is 11.9 Å². The van der Waals surface area contributed by atoms with Gasteiger partial charge in [0.2, 0.25) is 5.91 Å². The Kier molecular flexibility index (Phi) is 7.33. The molecule has 18 heavy (non-hydrogen) atoms. The van der Waals surface area contributed by atoms with Gasteiger partial charge in [0.1, 0.15) is 0 Å². The van der Waals surface area contributed by atoms with Crippen LogP contribution in [0.1, 0.15) is 71.1 Å². The van der Waals surface area contributed by atoms with E-state index in [2.05, 4.69) is 0 Å². The van der Waals surface area contributed by atoms with Crippen molar-refractivity contribution in [3.05, 3.63) is 0 Å². The Balaban J connectivity index is 2.42. The molecule has 1 saturated carbocycles. The summed E-state index contributed by atoms with van der Waals surface area (Å²) in [5.74, 6) is 0.203. The largest absolute Gasteiger partial charge is 0.343 e. The second kappa shape index (κ2) is 8.52. The molecule has 0 spiro atoms. The monoisotopic (exact) mass is 254 g/mol. The Morgan fingerprint density at radius 1 is 0.944 bits per heavy atom. The highest BCUT2D eigenvalue weighted by Crippen LogP contribution is 2.19. The standard InChI is InChI=1S/C15H30N2O/c1-13(18)17(2)15-11-7-3-5-9-14(16)10-6-4-8-12-15/h14-15H,3-12,16H2,1-2H3. The van der Waals surface area contributed by atoms with Crippen LogP contribution in [0.2, 0.25) is 0 Å². The summed E-state index contributed by atoms with van der Waals surface area (Å²) in [5, 5.41) is 0. The van der Waals surface area contributed by atoms with Gasteiger partial charge in [0.15, 0.2) is 0 Å². The van der Waals surface area contributed by atoms with E-state index >= 15 is 0 Å². The average molecular weight is 254 g/mol. The maximum atomic E-state index is 11.5. The van der Waals surface area contributed by atoms with Gasteiger partial charge in [-0.15, -0.1) is 0 Å². The van der Waals surface area contributed by atoms with Crippen LogP contribution in [0.4, 0.5) is 0 Å². The summed E-state index contributed by atoms with van der Waals surface area (Å²) in [6, 6.07) is 0.871. The molecule has 106 valence electrons. The Morgan fingerprint density at radius 3 is 1.83 bits per heavy atom. The third kappa shape index (κ3) is 5.85. The van der Waals surface area contributed by atoms with Crippen LogP contribution in [-0.2, 0) is 4.79 Å². The number of nitrogens with zero attached hydrogens (tertiary/aromatic N) is 1. The molecule has 2 N–H and O–H groups in total. The van der Waals surface area contributed by atoms with Crippen LogP contribution < -0.4 is 5.73 Å². The number of amides is 1. The molecule has 1 amide bonds. The molecule has 0 aromatic rings. The molecule has 0 aliphatic heterocycles. The van der Waals surface area contributed by atoms with Crippen LogP contribution >= 0.6 is 0 Å². The minimum absolute atomic E-state index is 0.203. The Labute approximate surface area is 112 Å². The summed E-state index contributed by atoms with van der Waals surface area (Å²) >= 11 is 0. The lowest BCUT2D eigenvalue weighted by Crippen LogP contribution is -2.35. The first-order valence-corrected chi connectivity index (χ1v) is 7.60. The Morgan fingerprint density at radius 2 is 1.39 bits per heavy atom. The molecular weight excluding hydrogens is 224 g/mol. The van der Waals surface area contributed by atoms with Gasteiger partial charge in [-0.1, -0.05) is 38.5 Å². The number of hydrogen-bond acceptors (Lipinski definition) is 2. The van der Waals surface area contributed by atoms with Gasteiger partial charge in [0.25, 0.3) is 0 Å². The molecule has 3 heteroatoms. The topological polar surface area (TPSA) is 46.3 Å². The highest BCUT2D eigenvalue weighted by Gasteiger charge is 2.17. The van der Waals surface area contributed by atoms with Gasteiger partial charge in [-0.3, -0.25) is 4.79 Å². The van der Waals surface area contributed by atoms with Crippen LogP contribution in [0.3, 0.4) is 0 Å². The zero-order valence-corrected chi connectivity index (χ0v) is 12.2. The summed E-state index contributed by atoms with van der Waals surface area (Å²) < 4.78 is 0. The van der Waals surface area contributed by atoms with Crippen molar-refractivity contribution in [2.24, 2.45) is 5.73 Å². The quantitative estimate of drug-likeness (QED) is 0.781. The first kappa shape index (κ1) is 15.5. The van der Waals surface area contributed by atoms with Gasteiger partial charge < -0.3 is 10.6 Å². The fourth-order valence-electron chi connectivity index (χ4n) is 2.86. The molecule has 0 heterocycles. The van der Waals surface area contributed by atoms with E-state index < -0.39 is 0 Å². The second-order valence-corrected chi connectivity index (χ2v) is 5.82. The van der Waals surface area contributed by atoms with Crippen molar-refractivity contribution >= 4 is 5.91 Å². The van der Waals surface area contributed by atoms with Crippen molar-refractivity contribution in [3.63, 3.8) is 0 Å². The van der Waals surface area contributed by atoms with Crippen LogP contribution in [0, 0.1) is 0 Å². The Hall–Kier alpha value is -0.570. The number of rotatable bonds is 1. The van der Waals surface area contributed by atoms with E-state index in [1.54, 1.807) is 6.92 Å². The fraction of sp³-hybridized carbons (Fsp3) is 0.933. The number of hydrogen-bond donors (Lipinski definition) is 1. The number of nitrogens with two attached hydrogens (primary N) is 1. The van der Waals surface area contributed by atoms with Gasteiger partial charge >= 0.3 is 0 Å². The van der Waals surface area contributed by atoms with Gasteiger partial charge in [-0.2, -0.15) is 0 Å². The lowest BCUT2D eigenvalue weighted by Gasteiger charge is -2.28. The lowest BCUT2D eigenvalue weighted by molar-refractivity contribution is -0.129. The number of carbonyl (C=O) groups is 1. The molecule has 0 radical (unpaired) electrons. The molecule has 1 aliphatic carbocycles. The minimum atomic E-state index is 0.203. The lowest BCUT2D eigenvalue weighted by atomic mass is 9.95. The van der Waals surface area contributed by atoms with Crippen LogP contribution in [0.15, 0.2) is 0 Å². The molecule has 1 aliphatic rings. The van der Waals surface area contributed by atoms with E-state index in [1.165, 1.54) is 51.4 Å². The second-order valence-electron chi connectivity index (χ2n) is 5.82. The zero-order valence-electron chi connectivity index (χ0n) is 12.2. The molecule has 0 atom stereocenters. The fourth-order valence-corrected chi connectivity index (χ4v) is 2.86. The minimum Gasteiger partial charge on any atom is -0.343 e. The maximum absolute atomic E-state index is 11.5. The van der Waals surface area contributed by atoms with E-state index in [4.69, 9.17) is 5.73 Å². The summed E-state index contributed by atoms with van der Waals surface area (Å²) in [7, 11) is 1.95. The summed E-state index contributed by atoms with van der Waals surface area (Å²) in [6.45, 7) is 1.68. The molecule has 0 aromatic heterocycles. The van der Waals surface area contributed by atoms with Gasteiger partial charge in [0.05, 0.1) is 0 Å². The van der Waals surface area contributed by atoms with E-state index in [-0.39, 0.29) is 5.91 Å². The van der Waals surface area contributed by atoms with E-state index in [9.17, 15) is 4.79 Å². The van der Waals surface area contributed by atoms with Crippen molar-refractivity contribution in [2.45, 2.75) is 83.2 Å². The van der Waals surface area contributed by atoms with E-state index in [0.29, 0.717) is 12.1 Å². The predicted octanol–water partition coefficient (Wildman–Crippen LogP) is 3.08. The van der Waals surface area contributed by atoms with Crippen molar-refractivity contribution in [3.8, 4) is 0 Å². The third-order valence-corrected chi connectivity index (χ3v) is 4.27. The van der Waals surface area contributed by atoms with Crippen LogP contribution in [-0.4, -0.2) is 29.9 Å². The molecule has 0 aromatic carbocycles. The smallest absolute Gasteiger partial charge is 0.219 e. The van der Waals surface area contributed by atoms with Crippen molar-refractivity contribution < 1.29 is 4.79 Å². The van der Waals surface area contributed by atoms with Gasteiger partial charge in [-0.25, -0.2) is 0 Å². The molecule has 0 unspecified atom stereocenters. The Bertz CT molecular complexity index is 229. The zero-order chi connectivity index (χ0) is 13.4. The maximum Gasteiger partial charge on any atom is 0.219 e. The van der Waals surface area contributed by atoms with Crippen molar-refractivity contribution in [2.75, 3.05) is 7.05 Å². The van der Waals surface area contributed by atoms with Gasteiger partial charge in [-0.05, 0) is 25.7 Å². The molecule has 1 fully saturated rings. The highest BCUT2D eigenvalue weighted by molar-refractivity contribution is 5.73. The molecule has 0 bridgehead atoms. The van der Waals surface area contributed by atoms with Crippen LogP contribution in [0.5, 0.6) is 0 Å². The molecule has 3 nitrogen and oxygen atoms in total. The predicted molar refractivity (Wildman–Crippen MR) is 76.4 cm³/mol. The SMILES string of the molecule is CC(=O)N(C)C1CCCCCC(N)CCCCC1. The summed E-state index contributed by atoms with van der Waals surface area (Å²) in [6.07, 6.45) is 12.1. The average Bonchev–Trinajstić information content (AvgIpc) is 2.32. The first-order chi connectivity index (χ1) is 8.61. The molecule has 1 rings (SSSR count). The van der Waals surface area contributed by atoms with Crippen molar-refractivity contribution in [1.82, 2.24) is 4.90 Å². The third-order valence-electron chi connectivity index (χ3n) is 4.27. The highest BCUT2D eigenvalue weighted by atomic mass is 16.2. The normalized spacial score (nSPS) is 27.9. The molecule has 0 saturated heterocycles. The van der Waals surface area contributed by atoms with E-state index in [0.717, 1.165) is 12.8 Å².